The molecular formula is C8H9N3O. The molecule has 0 aliphatic rings. The molecule has 0 aliphatic carbocycles. The number of pyridine rings is 1. The van der Waals surface area contributed by atoms with Gasteiger partial charge in [0.05, 0.1) is 5.69 Å². The topological polar surface area (TPSA) is 52.5 Å². The number of hydrogen-bond donors (Lipinski definition) is 1. The molecule has 12 heavy (non-hydrogen) atoms. The van der Waals surface area contributed by atoms with Gasteiger partial charge in [0.25, 0.3) is 0 Å². The van der Waals surface area contributed by atoms with Crippen LogP contribution in [0.3, 0.4) is 0 Å². The van der Waals surface area contributed by atoms with E-state index in [1.54, 1.807) is 0 Å². The molecule has 0 fully saturated rings. The molecule has 0 aliphatic heterocycles. The van der Waals surface area contributed by atoms with Gasteiger partial charge in [-0.15, -0.1) is 0 Å². The van der Waals surface area contributed by atoms with Gasteiger partial charge in [-0.1, -0.05) is 6.07 Å². The van der Waals surface area contributed by atoms with Crippen molar-refractivity contribution in [3.63, 3.8) is 0 Å². The van der Waals surface area contributed by atoms with E-state index in [0.717, 1.165) is 11.3 Å². The normalized spacial score (nSPS) is 10.8. The Labute approximate surface area is 69.5 Å². The van der Waals surface area contributed by atoms with Crippen LogP contribution in [0.4, 0.5) is 0 Å². The van der Waals surface area contributed by atoms with Crippen molar-refractivity contribution in [2.45, 2.75) is 6.61 Å². The Morgan fingerprint density at radius 1 is 1.50 bits per heavy atom. The summed E-state index contributed by atoms with van der Waals surface area (Å²) in [5, 5.41) is 0. The third-order valence-corrected chi connectivity index (χ3v) is 1.65. The molecule has 2 aromatic rings. The predicted molar refractivity (Wildman–Crippen MR) is 44.2 cm³/mol. The molecule has 0 aromatic carbocycles. The van der Waals surface area contributed by atoms with Gasteiger partial charge in [0, 0.05) is 12.4 Å². The quantitative estimate of drug-likeness (QED) is 0.664. The van der Waals surface area contributed by atoms with E-state index in [-0.39, 0.29) is 0 Å². The van der Waals surface area contributed by atoms with Crippen molar-refractivity contribution in [1.29, 1.82) is 0 Å². The lowest BCUT2D eigenvalue weighted by Gasteiger charge is -1.87. The molecule has 2 heterocycles. The largest absolute Gasteiger partial charge is 0.307 e. The van der Waals surface area contributed by atoms with E-state index in [0.29, 0.717) is 6.61 Å². The van der Waals surface area contributed by atoms with Crippen LogP contribution in [0.15, 0.2) is 30.6 Å². The van der Waals surface area contributed by atoms with E-state index < -0.39 is 0 Å². The fraction of sp³-hybridized carbons (Fsp3) is 0.125. The van der Waals surface area contributed by atoms with Gasteiger partial charge in [-0.25, -0.2) is 10.9 Å². The van der Waals surface area contributed by atoms with Gasteiger partial charge in [-0.05, 0) is 12.1 Å². The highest BCUT2D eigenvalue weighted by molar-refractivity contribution is 5.39. The minimum Gasteiger partial charge on any atom is -0.307 e. The molecule has 0 spiro atoms. The van der Waals surface area contributed by atoms with Gasteiger partial charge >= 0.3 is 0 Å². The summed E-state index contributed by atoms with van der Waals surface area (Å²) in [4.78, 5) is 8.74. The second-order valence-electron chi connectivity index (χ2n) is 2.51. The fourth-order valence-corrected chi connectivity index (χ4v) is 1.14. The van der Waals surface area contributed by atoms with Crippen molar-refractivity contribution in [3.05, 3.63) is 36.3 Å². The van der Waals surface area contributed by atoms with Crippen molar-refractivity contribution < 1.29 is 4.84 Å². The summed E-state index contributed by atoms with van der Waals surface area (Å²) in [5.41, 5.74) is 1.74. The van der Waals surface area contributed by atoms with E-state index >= 15 is 0 Å². The SMILES string of the molecule is NOCc1cn2ccccc2n1. The molecule has 2 N–H and O–H groups in total. The number of hydrogen-bond acceptors (Lipinski definition) is 3. The molecule has 2 aromatic heterocycles. The summed E-state index contributed by atoms with van der Waals surface area (Å²) >= 11 is 0. The molecule has 4 nitrogen and oxygen atoms in total. The summed E-state index contributed by atoms with van der Waals surface area (Å²) in [6.45, 7) is 0.349. The average molecular weight is 163 g/mol. The lowest BCUT2D eigenvalue weighted by Crippen LogP contribution is -1.98. The van der Waals surface area contributed by atoms with Crippen molar-refractivity contribution in [3.8, 4) is 0 Å². The lowest BCUT2D eigenvalue weighted by molar-refractivity contribution is 0.121. The maximum absolute atomic E-state index is 4.93. The zero-order chi connectivity index (χ0) is 8.39. The lowest BCUT2D eigenvalue weighted by atomic mass is 10.5. The second kappa shape index (κ2) is 2.92. The Balaban J connectivity index is 2.47. The summed E-state index contributed by atoms with van der Waals surface area (Å²) in [5.74, 6) is 4.93. The Morgan fingerprint density at radius 2 is 2.42 bits per heavy atom. The zero-order valence-corrected chi connectivity index (χ0v) is 6.47. The Bertz CT molecular complexity index is 349. The van der Waals surface area contributed by atoms with Gasteiger partial charge < -0.3 is 4.40 Å². The number of imidazole rings is 1. The van der Waals surface area contributed by atoms with Crippen LogP contribution in [-0.2, 0) is 11.4 Å². The first-order chi connectivity index (χ1) is 5.90. The van der Waals surface area contributed by atoms with E-state index in [1.165, 1.54) is 0 Å². The molecule has 0 saturated heterocycles. The molecule has 4 heteroatoms. The minimum absolute atomic E-state index is 0.349. The Kier molecular flexibility index (Phi) is 1.77. The standard InChI is InChI=1S/C8H9N3O/c9-12-6-7-5-11-4-2-1-3-8(11)10-7/h1-5H,6,9H2. The first-order valence-electron chi connectivity index (χ1n) is 3.64. The zero-order valence-electron chi connectivity index (χ0n) is 6.47. The molecular weight excluding hydrogens is 154 g/mol. The molecule has 0 saturated carbocycles. The number of nitrogens with zero attached hydrogens (tertiary/aromatic N) is 2. The van der Waals surface area contributed by atoms with Gasteiger partial charge in [-0.3, -0.25) is 4.84 Å². The molecule has 2 rings (SSSR count). The van der Waals surface area contributed by atoms with Crippen molar-refractivity contribution in [1.82, 2.24) is 9.38 Å². The van der Waals surface area contributed by atoms with Crippen LogP contribution in [0.5, 0.6) is 0 Å². The summed E-state index contributed by atoms with van der Waals surface area (Å²) < 4.78 is 1.92. The highest BCUT2D eigenvalue weighted by Crippen LogP contribution is 2.04. The first kappa shape index (κ1) is 7.27. The molecule has 0 unspecified atom stereocenters. The maximum Gasteiger partial charge on any atom is 0.137 e. The van der Waals surface area contributed by atoms with E-state index in [9.17, 15) is 0 Å². The van der Waals surface area contributed by atoms with E-state index in [1.807, 2.05) is 35.0 Å². The highest BCUT2D eigenvalue weighted by atomic mass is 16.6. The third kappa shape index (κ3) is 1.17. The van der Waals surface area contributed by atoms with Crippen LogP contribution in [-0.4, -0.2) is 9.38 Å². The Morgan fingerprint density at radius 3 is 3.17 bits per heavy atom. The average Bonchev–Trinajstić information content (AvgIpc) is 2.47. The second-order valence-corrected chi connectivity index (χ2v) is 2.51. The van der Waals surface area contributed by atoms with Crippen LogP contribution < -0.4 is 5.90 Å². The number of nitrogens with two attached hydrogens (primary N) is 1. The molecule has 0 atom stereocenters. The van der Waals surface area contributed by atoms with Crippen LogP contribution in [0.1, 0.15) is 5.69 Å². The highest BCUT2D eigenvalue weighted by Gasteiger charge is 1.98. The first-order valence-corrected chi connectivity index (χ1v) is 3.64. The van der Waals surface area contributed by atoms with Crippen LogP contribution >= 0.6 is 0 Å². The van der Waals surface area contributed by atoms with Crippen molar-refractivity contribution in [2.75, 3.05) is 0 Å². The molecule has 0 radical (unpaired) electrons. The number of aromatic nitrogens is 2. The number of rotatable bonds is 2. The van der Waals surface area contributed by atoms with Gasteiger partial charge in [0.2, 0.25) is 0 Å². The Hall–Kier alpha value is -1.39. The van der Waals surface area contributed by atoms with Crippen LogP contribution in [0, 0.1) is 0 Å². The molecule has 0 amide bonds. The van der Waals surface area contributed by atoms with Crippen molar-refractivity contribution >= 4 is 5.65 Å². The van der Waals surface area contributed by atoms with Gasteiger partial charge in [-0.2, -0.15) is 0 Å². The predicted octanol–water partition coefficient (Wildman–Crippen LogP) is 0.725. The van der Waals surface area contributed by atoms with Crippen LogP contribution in [0.25, 0.3) is 5.65 Å². The maximum atomic E-state index is 4.93. The van der Waals surface area contributed by atoms with Crippen molar-refractivity contribution in [2.24, 2.45) is 5.90 Å². The van der Waals surface area contributed by atoms with E-state index in [4.69, 9.17) is 5.90 Å². The van der Waals surface area contributed by atoms with Gasteiger partial charge in [0.1, 0.15) is 12.3 Å². The fourth-order valence-electron chi connectivity index (χ4n) is 1.14. The molecule has 0 bridgehead atoms. The van der Waals surface area contributed by atoms with Crippen LogP contribution in [0.2, 0.25) is 0 Å². The molecule has 62 valence electrons. The minimum atomic E-state index is 0.349. The summed E-state index contributed by atoms with van der Waals surface area (Å²) in [6, 6.07) is 5.82. The monoisotopic (exact) mass is 163 g/mol. The summed E-state index contributed by atoms with van der Waals surface area (Å²) in [7, 11) is 0. The number of fused-ring (bicyclic) bond motifs is 1. The third-order valence-electron chi connectivity index (χ3n) is 1.65. The van der Waals surface area contributed by atoms with E-state index in [2.05, 4.69) is 9.82 Å². The summed E-state index contributed by atoms with van der Waals surface area (Å²) in [6.07, 6.45) is 3.82. The smallest absolute Gasteiger partial charge is 0.137 e. The van der Waals surface area contributed by atoms with Gasteiger partial charge in [0.15, 0.2) is 0 Å².